The molecule has 0 radical (unpaired) electrons. The van der Waals surface area contributed by atoms with Crippen LogP contribution in [0.3, 0.4) is 0 Å². The van der Waals surface area contributed by atoms with E-state index in [2.05, 4.69) is 6.58 Å². The van der Waals surface area contributed by atoms with Crippen molar-refractivity contribution in [3.63, 3.8) is 0 Å². The average molecular weight is 191 g/mol. The Morgan fingerprint density at radius 3 is 2.71 bits per heavy atom. The average Bonchev–Trinajstić information content (AvgIpc) is 2.16. The van der Waals surface area contributed by atoms with Crippen LogP contribution < -0.4 is 0 Å². The van der Waals surface area contributed by atoms with Gasteiger partial charge in [-0.05, 0) is 24.6 Å². The van der Waals surface area contributed by atoms with Gasteiger partial charge >= 0.3 is 0 Å². The summed E-state index contributed by atoms with van der Waals surface area (Å²) in [6.07, 6.45) is 1.07. The van der Waals surface area contributed by atoms with E-state index in [0.29, 0.717) is 0 Å². The molecule has 0 N–H and O–H groups in total. The number of nitro groups is 1. The fraction of sp³-hybridized carbons (Fsp3) is 0.100. The van der Waals surface area contributed by atoms with Gasteiger partial charge < -0.3 is 0 Å². The standard InChI is InChI=1S/C10H9NO3/c1-3-10(12)8-6-7(2)4-5-9(8)11(13)14/h3-6H,1H2,2H3. The van der Waals surface area contributed by atoms with Crippen LogP contribution >= 0.6 is 0 Å². The highest BCUT2D eigenvalue weighted by atomic mass is 16.6. The van der Waals surface area contributed by atoms with E-state index in [-0.39, 0.29) is 11.3 Å². The molecule has 0 saturated carbocycles. The van der Waals surface area contributed by atoms with E-state index in [4.69, 9.17) is 0 Å². The van der Waals surface area contributed by atoms with Crippen LogP contribution in [0.5, 0.6) is 0 Å². The van der Waals surface area contributed by atoms with Crippen LogP contribution in [-0.2, 0) is 0 Å². The van der Waals surface area contributed by atoms with Gasteiger partial charge in [0.25, 0.3) is 5.69 Å². The van der Waals surface area contributed by atoms with Gasteiger partial charge in [0.2, 0.25) is 0 Å². The topological polar surface area (TPSA) is 60.2 Å². The lowest BCUT2D eigenvalue weighted by atomic mass is 10.1. The number of aryl methyl sites for hydroxylation is 1. The molecule has 4 nitrogen and oxygen atoms in total. The fourth-order valence-corrected chi connectivity index (χ4v) is 1.12. The first kappa shape index (κ1) is 10.1. The van der Waals surface area contributed by atoms with Gasteiger partial charge in [-0.25, -0.2) is 0 Å². The second-order valence-electron chi connectivity index (χ2n) is 2.85. The fourth-order valence-electron chi connectivity index (χ4n) is 1.12. The zero-order valence-electron chi connectivity index (χ0n) is 7.69. The molecule has 14 heavy (non-hydrogen) atoms. The summed E-state index contributed by atoms with van der Waals surface area (Å²) in [5.74, 6) is -0.430. The van der Waals surface area contributed by atoms with Crippen LogP contribution in [-0.4, -0.2) is 10.7 Å². The Morgan fingerprint density at radius 1 is 1.57 bits per heavy atom. The molecular formula is C10H9NO3. The summed E-state index contributed by atoms with van der Waals surface area (Å²) in [6.45, 7) is 5.06. The predicted octanol–water partition coefficient (Wildman–Crippen LogP) is 2.27. The molecule has 0 saturated heterocycles. The molecule has 0 bridgehead atoms. The van der Waals surface area contributed by atoms with Gasteiger partial charge in [0, 0.05) is 6.07 Å². The molecule has 0 aliphatic carbocycles. The van der Waals surface area contributed by atoms with Crippen molar-refractivity contribution in [2.45, 2.75) is 6.92 Å². The largest absolute Gasteiger partial charge is 0.289 e. The number of hydrogen-bond acceptors (Lipinski definition) is 3. The Bertz CT molecular complexity index is 410. The molecule has 0 heterocycles. The van der Waals surface area contributed by atoms with E-state index < -0.39 is 10.7 Å². The van der Waals surface area contributed by atoms with Crippen molar-refractivity contribution in [3.8, 4) is 0 Å². The number of hydrogen-bond donors (Lipinski definition) is 0. The molecule has 0 aliphatic rings. The summed E-state index contributed by atoms with van der Waals surface area (Å²) in [7, 11) is 0. The molecule has 0 unspecified atom stereocenters. The highest BCUT2D eigenvalue weighted by Gasteiger charge is 2.17. The summed E-state index contributed by atoms with van der Waals surface area (Å²) in [5, 5.41) is 10.6. The van der Waals surface area contributed by atoms with Crippen molar-refractivity contribution in [3.05, 3.63) is 52.1 Å². The number of carbonyl (C=O) groups excluding carboxylic acids is 1. The van der Waals surface area contributed by atoms with E-state index in [0.717, 1.165) is 11.6 Å². The molecule has 0 aliphatic heterocycles. The van der Waals surface area contributed by atoms with E-state index in [1.54, 1.807) is 13.0 Å². The lowest BCUT2D eigenvalue weighted by molar-refractivity contribution is -0.385. The quantitative estimate of drug-likeness (QED) is 0.318. The van der Waals surface area contributed by atoms with Crippen LogP contribution in [0.15, 0.2) is 30.9 Å². The Balaban J connectivity index is 3.36. The minimum absolute atomic E-state index is 0.0880. The van der Waals surface area contributed by atoms with Gasteiger partial charge in [-0.1, -0.05) is 12.6 Å². The highest BCUT2D eigenvalue weighted by molar-refractivity contribution is 6.07. The number of carbonyl (C=O) groups is 1. The van der Waals surface area contributed by atoms with E-state index in [1.165, 1.54) is 12.1 Å². The van der Waals surface area contributed by atoms with Gasteiger partial charge in [0.05, 0.1) is 10.5 Å². The molecule has 4 heteroatoms. The molecule has 0 fully saturated rings. The zero-order valence-corrected chi connectivity index (χ0v) is 7.69. The van der Waals surface area contributed by atoms with Gasteiger partial charge in [-0.15, -0.1) is 0 Å². The van der Waals surface area contributed by atoms with Crippen LogP contribution in [0, 0.1) is 17.0 Å². The third kappa shape index (κ3) is 1.85. The van der Waals surface area contributed by atoms with E-state index in [1.807, 2.05) is 0 Å². The summed E-state index contributed by atoms with van der Waals surface area (Å²) < 4.78 is 0. The van der Waals surface area contributed by atoms with Crippen LogP contribution in [0.1, 0.15) is 15.9 Å². The van der Waals surface area contributed by atoms with Crippen molar-refractivity contribution in [2.24, 2.45) is 0 Å². The number of nitrogens with zero attached hydrogens (tertiary/aromatic N) is 1. The van der Waals surface area contributed by atoms with Gasteiger partial charge in [-0.2, -0.15) is 0 Å². The molecule has 72 valence electrons. The second-order valence-corrected chi connectivity index (χ2v) is 2.85. The molecule has 1 rings (SSSR count). The normalized spacial score (nSPS) is 9.50. The highest BCUT2D eigenvalue weighted by Crippen LogP contribution is 2.20. The summed E-state index contributed by atoms with van der Waals surface area (Å²) in [5.41, 5.74) is 0.714. The first-order valence-electron chi connectivity index (χ1n) is 3.98. The third-order valence-electron chi connectivity index (χ3n) is 1.80. The van der Waals surface area contributed by atoms with Crippen molar-refractivity contribution in [2.75, 3.05) is 0 Å². The van der Waals surface area contributed by atoms with Crippen LogP contribution in [0.4, 0.5) is 5.69 Å². The molecule has 1 aromatic carbocycles. The Hall–Kier alpha value is -1.97. The predicted molar refractivity (Wildman–Crippen MR) is 52.4 cm³/mol. The number of benzene rings is 1. The minimum atomic E-state index is -0.573. The Kier molecular flexibility index (Phi) is 2.76. The number of nitro benzene ring substituents is 1. The number of rotatable bonds is 3. The maximum absolute atomic E-state index is 11.3. The second kappa shape index (κ2) is 3.83. The zero-order chi connectivity index (χ0) is 10.7. The number of ketones is 1. The van der Waals surface area contributed by atoms with Crippen molar-refractivity contribution in [1.29, 1.82) is 0 Å². The molecular weight excluding hydrogens is 182 g/mol. The third-order valence-corrected chi connectivity index (χ3v) is 1.80. The van der Waals surface area contributed by atoms with Gasteiger partial charge in [0.1, 0.15) is 0 Å². The minimum Gasteiger partial charge on any atom is -0.289 e. The maximum atomic E-state index is 11.3. The molecule has 1 aromatic rings. The Labute approximate surface area is 81.0 Å². The molecule has 0 aromatic heterocycles. The summed E-state index contributed by atoms with van der Waals surface area (Å²) in [4.78, 5) is 21.3. The van der Waals surface area contributed by atoms with Crippen LogP contribution in [0.25, 0.3) is 0 Å². The smallest absolute Gasteiger partial charge is 0.280 e. The summed E-state index contributed by atoms with van der Waals surface area (Å²) in [6, 6.07) is 4.41. The molecule has 0 spiro atoms. The van der Waals surface area contributed by atoms with E-state index in [9.17, 15) is 14.9 Å². The first-order chi connectivity index (χ1) is 6.56. The van der Waals surface area contributed by atoms with E-state index >= 15 is 0 Å². The lowest BCUT2D eigenvalue weighted by Gasteiger charge is -1.99. The van der Waals surface area contributed by atoms with Gasteiger partial charge in [0.15, 0.2) is 5.78 Å². The maximum Gasteiger partial charge on any atom is 0.280 e. The lowest BCUT2D eigenvalue weighted by Crippen LogP contribution is -2.01. The SMILES string of the molecule is C=CC(=O)c1cc(C)ccc1[N+](=O)[O-]. The monoisotopic (exact) mass is 191 g/mol. The van der Waals surface area contributed by atoms with Crippen molar-refractivity contribution in [1.82, 2.24) is 0 Å². The Morgan fingerprint density at radius 2 is 2.21 bits per heavy atom. The first-order valence-corrected chi connectivity index (χ1v) is 3.98. The van der Waals surface area contributed by atoms with Crippen molar-refractivity contribution < 1.29 is 9.72 Å². The summed E-state index contributed by atoms with van der Waals surface area (Å²) >= 11 is 0. The van der Waals surface area contributed by atoms with Gasteiger partial charge in [-0.3, -0.25) is 14.9 Å². The van der Waals surface area contributed by atoms with Crippen molar-refractivity contribution >= 4 is 11.5 Å². The molecule has 0 atom stereocenters. The molecule has 0 amide bonds. The van der Waals surface area contributed by atoms with Crippen LogP contribution in [0.2, 0.25) is 0 Å². The number of allylic oxidation sites excluding steroid dienone is 1.